The molecular weight excluding hydrogens is 420 g/mol. The summed E-state index contributed by atoms with van der Waals surface area (Å²) < 4.78 is 0. The maximum atomic E-state index is 12.3. The summed E-state index contributed by atoms with van der Waals surface area (Å²) >= 11 is 0. The van der Waals surface area contributed by atoms with Crippen LogP contribution in [0.4, 0.5) is 0 Å². The third kappa shape index (κ3) is 6.56. The van der Waals surface area contributed by atoms with Crippen LogP contribution >= 0.6 is 0 Å². The molecule has 0 atom stereocenters. The van der Waals surface area contributed by atoms with E-state index in [0.717, 1.165) is 62.4 Å². The van der Waals surface area contributed by atoms with E-state index in [0.29, 0.717) is 5.56 Å². The lowest BCUT2D eigenvalue weighted by Crippen LogP contribution is -2.37. The first-order chi connectivity index (χ1) is 16.6. The highest BCUT2D eigenvalue weighted by Gasteiger charge is 2.23. The maximum Gasteiger partial charge on any atom is 0.244 e. The number of nitrogens with zero attached hydrogens (tertiary/aromatic N) is 3. The number of hydrogen-bond acceptors (Lipinski definition) is 4. The van der Waals surface area contributed by atoms with Gasteiger partial charge in [-0.2, -0.15) is 10.5 Å². The van der Waals surface area contributed by atoms with E-state index >= 15 is 0 Å². The first kappa shape index (κ1) is 23.7. The Morgan fingerprint density at radius 1 is 0.971 bits per heavy atom. The van der Waals surface area contributed by atoms with E-state index in [4.69, 9.17) is 10.5 Å². The van der Waals surface area contributed by atoms with E-state index in [2.05, 4.69) is 34.5 Å². The molecule has 2 aromatic rings. The van der Waals surface area contributed by atoms with Gasteiger partial charge >= 0.3 is 0 Å². The summed E-state index contributed by atoms with van der Waals surface area (Å²) in [6.07, 6.45) is 11.0. The molecule has 1 saturated carbocycles. The van der Waals surface area contributed by atoms with Gasteiger partial charge in [0.25, 0.3) is 0 Å². The van der Waals surface area contributed by atoms with Gasteiger partial charge in [-0.1, -0.05) is 18.2 Å². The Kier molecular flexibility index (Phi) is 8.12. The van der Waals surface area contributed by atoms with Crippen LogP contribution in [0.2, 0.25) is 0 Å². The van der Waals surface area contributed by atoms with E-state index in [-0.39, 0.29) is 11.9 Å². The molecule has 2 aromatic carbocycles. The fraction of sp³-hybridized carbons (Fsp3) is 0.414. The molecule has 1 heterocycles. The number of fused-ring (bicyclic) bond motifs is 1. The molecule has 0 saturated heterocycles. The molecule has 1 aliphatic heterocycles. The molecule has 34 heavy (non-hydrogen) atoms. The monoisotopic (exact) mass is 452 g/mol. The quantitative estimate of drug-likeness (QED) is 0.649. The molecule has 5 nitrogen and oxygen atoms in total. The van der Waals surface area contributed by atoms with Crippen molar-refractivity contribution in [2.75, 3.05) is 19.6 Å². The van der Waals surface area contributed by atoms with Crippen LogP contribution in [0.15, 0.2) is 48.5 Å². The molecule has 0 spiro atoms. The van der Waals surface area contributed by atoms with Gasteiger partial charge in [0.15, 0.2) is 0 Å². The zero-order valence-corrected chi connectivity index (χ0v) is 19.7. The summed E-state index contributed by atoms with van der Waals surface area (Å²) in [5.74, 6) is 0.669. The van der Waals surface area contributed by atoms with E-state index in [9.17, 15) is 4.79 Å². The van der Waals surface area contributed by atoms with E-state index in [1.54, 1.807) is 24.3 Å². The summed E-state index contributed by atoms with van der Waals surface area (Å²) in [5.41, 5.74) is 4.95. The van der Waals surface area contributed by atoms with Crippen molar-refractivity contribution >= 4 is 12.0 Å². The molecular formula is C29H32N4O. The second-order valence-corrected chi connectivity index (χ2v) is 9.52. The van der Waals surface area contributed by atoms with Crippen LogP contribution in [-0.2, 0) is 17.6 Å². The molecule has 5 heteroatoms. The smallest absolute Gasteiger partial charge is 0.244 e. The van der Waals surface area contributed by atoms with E-state index in [1.165, 1.54) is 30.4 Å². The second-order valence-electron chi connectivity index (χ2n) is 9.52. The number of hydrogen-bond donors (Lipinski definition) is 1. The van der Waals surface area contributed by atoms with E-state index < -0.39 is 0 Å². The molecule has 0 radical (unpaired) electrons. The molecule has 1 amide bonds. The molecule has 1 aliphatic carbocycles. The largest absolute Gasteiger partial charge is 0.350 e. The van der Waals surface area contributed by atoms with Gasteiger partial charge in [0.05, 0.1) is 23.3 Å². The van der Waals surface area contributed by atoms with Crippen LogP contribution in [0.5, 0.6) is 0 Å². The predicted molar refractivity (Wildman–Crippen MR) is 134 cm³/mol. The minimum absolute atomic E-state index is 0.0606. The molecule has 4 rings (SSSR count). The Morgan fingerprint density at radius 2 is 1.71 bits per heavy atom. The molecule has 0 aromatic heterocycles. The van der Waals surface area contributed by atoms with Gasteiger partial charge in [0.2, 0.25) is 5.91 Å². The van der Waals surface area contributed by atoms with Gasteiger partial charge in [-0.05, 0) is 104 Å². The van der Waals surface area contributed by atoms with Crippen molar-refractivity contribution in [1.82, 2.24) is 10.2 Å². The fourth-order valence-corrected chi connectivity index (χ4v) is 5.16. The van der Waals surface area contributed by atoms with Crippen molar-refractivity contribution in [2.45, 2.75) is 51.0 Å². The number of amides is 1. The fourth-order valence-electron chi connectivity index (χ4n) is 5.16. The van der Waals surface area contributed by atoms with Gasteiger partial charge < -0.3 is 10.2 Å². The molecule has 0 unspecified atom stereocenters. The van der Waals surface area contributed by atoms with Crippen molar-refractivity contribution < 1.29 is 4.79 Å². The summed E-state index contributed by atoms with van der Waals surface area (Å²) in [4.78, 5) is 14.9. The van der Waals surface area contributed by atoms with Crippen LogP contribution in [0, 0.1) is 28.6 Å². The summed E-state index contributed by atoms with van der Waals surface area (Å²) in [6, 6.07) is 18.0. The highest BCUT2D eigenvalue weighted by molar-refractivity contribution is 5.91. The lowest BCUT2D eigenvalue weighted by atomic mass is 9.84. The Hall–Kier alpha value is -3.41. The van der Waals surface area contributed by atoms with Crippen LogP contribution in [0.25, 0.3) is 6.08 Å². The maximum absolute atomic E-state index is 12.3. The van der Waals surface area contributed by atoms with Crippen LogP contribution in [0.1, 0.15) is 59.9 Å². The Morgan fingerprint density at radius 3 is 2.47 bits per heavy atom. The van der Waals surface area contributed by atoms with Crippen molar-refractivity contribution in [3.05, 3.63) is 76.4 Å². The van der Waals surface area contributed by atoms with Crippen molar-refractivity contribution in [1.29, 1.82) is 10.5 Å². The van der Waals surface area contributed by atoms with Gasteiger partial charge in [0, 0.05) is 25.2 Å². The highest BCUT2D eigenvalue weighted by atomic mass is 16.1. The molecule has 1 N–H and O–H groups in total. The van der Waals surface area contributed by atoms with E-state index in [1.807, 2.05) is 18.2 Å². The lowest BCUT2D eigenvalue weighted by molar-refractivity contribution is -0.117. The number of nitrogens with one attached hydrogen (secondary N) is 1. The topological polar surface area (TPSA) is 79.9 Å². The minimum Gasteiger partial charge on any atom is -0.350 e. The summed E-state index contributed by atoms with van der Waals surface area (Å²) in [7, 11) is 0. The minimum atomic E-state index is -0.0606. The van der Waals surface area contributed by atoms with Crippen molar-refractivity contribution in [3.8, 4) is 12.1 Å². The van der Waals surface area contributed by atoms with Gasteiger partial charge in [-0.25, -0.2) is 0 Å². The third-order valence-electron chi connectivity index (χ3n) is 7.22. The zero-order valence-electron chi connectivity index (χ0n) is 19.7. The Labute approximate surface area is 202 Å². The van der Waals surface area contributed by atoms with Crippen LogP contribution in [0.3, 0.4) is 0 Å². The van der Waals surface area contributed by atoms with Gasteiger partial charge in [-0.15, -0.1) is 0 Å². The normalized spacial score (nSPS) is 20.6. The number of carbonyl (C=O) groups is 1. The van der Waals surface area contributed by atoms with Crippen LogP contribution in [-0.4, -0.2) is 36.5 Å². The summed E-state index contributed by atoms with van der Waals surface area (Å²) in [6.45, 7) is 3.29. The second kappa shape index (κ2) is 11.6. The molecule has 2 aliphatic rings. The SMILES string of the molecule is N#Cc1cccc(/C=C/C(=O)NC2CCC(CCN3CCc4ccc(C#N)cc4CC3)CC2)c1. The average molecular weight is 453 g/mol. The molecule has 1 fully saturated rings. The third-order valence-corrected chi connectivity index (χ3v) is 7.22. The number of carbonyl (C=O) groups excluding carboxylic acids is 1. The van der Waals surface area contributed by atoms with Gasteiger partial charge in [-0.3, -0.25) is 4.79 Å². The summed E-state index contributed by atoms with van der Waals surface area (Å²) in [5, 5.41) is 21.3. The highest BCUT2D eigenvalue weighted by Crippen LogP contribution is 2.27. The van der Waals surface area contributed by atoms with Crippen molar-refractivity contribution in [2.24, 2.45) is 5.92 Å². The van der Waals surface area contributed by atoms with Crippen LogP contribution < -0.4 is 5.32 Å². The van der Waals surface area contributed by atoms with Gasteiger partial charge in [0.1, 0.15) is 0 Å². The first-order valence-corrected chi connectivity index (χ1v) is 12.4. The first-order valence-electron chi connectivity index (χ1n) is 12.4. The lowest BCUT2D eigenvalue weighted by Gasteiger charge is -2.30. The average Bonchev–Trinajstić information content (AvgIpc) is 3.09. The molecule has 0 bridgehead atoms. The number of nitriles is 2. The zero-order chi connectivity index (χ0) is 23.8. The standard InChI is InChI=1S/C29H32N4O/c30-20-24-3-1-2-23(18-24)7-11-29(34)32-28-9-5-22(6-10-28)12-15-33-16-13-26-8-4-25(21-31)19-27(26)14-17-33/h1-4,7-8,11,18-19,22,28H,5-6,9-10,12-17H2,(H,32,34)/b11-7+. The Bertz CT molecular complexity index is 1120. The molecule has 174 valence electrons. The Balaban J connectivity index is 1.17. The number of rotatable bonds is 6. The predicted octanol–water partition coefficient (Wildman–Crippen LogP) is 4.61. The van der Waals surface area contributed by atoms with Crippen molar-refractivity contribution in [3.63, 3.8) is 0 Å². The number of benzene rings is 2.